The predicted molar refractivity (Wildman–Crippen MR) is 116 cm³/mol. The molecule has 1 fully saturated rings. The number of amides is 2. The average molecular weight is 407 g/mol. The highest BCUT2D eigenvalue weighted by atomic mass is 16.3. The third kappa shape index (κ3) is 4.41. The molecule has 0 aliphatic carbocycles. The lowest BCUT2D eigenvalue weighted by atomic mass is 9.92. The Bertz CT molecular complexity index is 883. The molecule has 2 heterocycles. The van der Waals surface area contributed by atoms with Crippen LogP contribution in [0.5, 0.6) is 0 Å². The molecule has 0 aromatic heterocycles. The highest BCUT2D eigenvalue weighted by Gasteiger charge is 2.39. The van der Waals surface area contributed by atoms with Gasteiger partial charge in [0, 0.05) is 25.9 Å². The highest BCUT2D eigenvalue weighted by molar-refractivity contribution is 5.89. The van der Waals surface area contributed by atoms with Crippen molar-refractivity contribution in [3.8, 4) is 0 Å². The van der Waals surface area contributed by atoms with Crippen LogP contribution in [0.1, 0.15) is 42.4 Å². The van der Waals surface area contributed by atoms with E-state index in [2.05, 4.69) is 18.2 Å². The molecule has 0 saturated carbocycles. The lowest BCUT2D eigenvalue weighted by Crippen LogP contribution is -2.55. The standard InChI is InChI=1S/C25H30N2O3/c28-18-22-13-7-15-26(22)25(30)23-16-20-11-4-5-12-21(20)17-27(23)24(29)14-6-10-19-8-2-1-3-9-19/h1-5,8-9,11-12,22-23,28H,6-7,10,13-18H2/t22-,23-/m0/s1. The molecule has 0 unspecified atom stereocenters. The van der Waals surface area contributed by atoms with E-state index in [4.69, 9.17) is 0 Å². The number of aliphatic hydroxyl groups is 1. The van der Waals surface area contributed by atoms with E-state index in [1.165, 1.54) is 5.56 Å². The number of hydrogen-bond donors (Lipinski definition) is 1. The van der Waals surface area contributed by atoms with Gasteiger partial charge in [0.05, 0.1) is 12.6 Å². The fourth-order valence-corrected chi connectivity index (χ4v) is 4.74. The first-order valence-electron chi connectivity index (χ1n) is 11.0. The second-order valence-corrected chi connectivity index (χ2v) is 8.36. The van der Waals surface area contributed by atoms with Gasteiger partial charge in [-0.2, -0.15) is 0 Å². The summed E-state index contributed by atoms with van der Waals surface area (Å²) in [6.45, 7) is 1.13. The summed E-state index contributed by atoms with van der Waals surface area (Å²) >= 11 is 0. The molecule has 0 radical (unpaired) electrons. The Kier molecular flexibility index (Phi) is 6.48. The van der Waals surface area contributed by atoms with Gasteiger partial charge in [0.15, 0.2) is 0 Å². The molecule has 30 heavy (non-hydrogen) atoms. The van der Waals surface area contributed by atoms with Crippen LogP contribution < -0.4 is 0 Å². The predicted octanol–water partition coefficient (Wildman–Crippen LogP) is 2.95. The molecule has 4 rings (SSSR count). The van der Waals surface area contributed by atoms with Gasteiger partial charge in [-0.15, -0.1) is 0 Å². The lowest BCUT2D eigenvalue weighted by Gasteiger charge is -2.39. The Morgan fingerprint density at radius 2 is 1.70 bits per heavy atom. The highest BCUT2D eigenvalue weighted by Crippen LogP contribution is 2.28. The zero-order valence-corrected chi connectivity index (χ0v) is 17.4. The van der Waals surface area contributed by atoms with Gasteiger partial charge in [-0.05, 0) is 42.4 Å². The quantitative estimate of drug-likeness (QED) is 0.802. The summed E-state index contributed by atoms with van der Waals surface area (Å²) in [4.78, 5) is 30.2. The number of likely N-dealkylation sites (tertiary alicyclic amines) is 1. The SMILES string of the molecule is O=C([C@@H]1Cc2ccccc2CN1C(=O)CCCc1ccccc1)N1CCC[C@H]1CO. The average Bonchev–Trinajstić information content (AvgIpc) is 3.27. The third-order valence-corrected chi connectivity index (χ3v) is 6.42. The number of hydrogen-bond acceptors (Lipinski definition) is 3. The van der Waals surface area contributed by atoms with Gasteiger partial charge in [-0.3, -0.25) is 9.59 Å². The van der Waals surface area contributed by atoms with Crippen LogP contribution in [0.25, 0.3) is 0 Å². The molecular formula is C25H30N2O3. The molecule has 2 atom stereocenters. The Balaban J connectivity index is 1.49. The second kappa shape index (κ2) is 9.43. The topological polar surface area (TPSA) is 60.9 Å². The normalized spacial score (nSPS) is 20.8. The van der Waals surface area contributed by atoms with Gasteiger partial charge in [0.25, 0.3) is 0 Å². The maximum atomic E-state index is 13.4. The van der Waals surface area contributed by atoms with Gasteiger partial charge in [0.2, 0.25) is 11.8 Å². The van der Waals surface area contributed by atoms with Gasteiger partial charge in [0.1, 0.15) is 6.04 Å². The Hall–Kier alpha value is -2.66. The van der Waals surface area contributed by atoms with E-state index in [0.717, 1.165) is 36.8 Å². The van der Waals surface area contributed by atoms with Crippen LogP contribution in [-0.4, -0.2) is 52.0 Å². The van der Waals surface area contributed by atoms with Gasteiger partial charge < -0.3 is 14.9 Å². The van der Waals surface area contributed by atoms with Crippen LogP contribution in [0.2, 0.25) is 0 Å². The van der Waals surface area contributed by atoms with Crippen molar-refractivity contribution in [3.63, 3.8) is 0 Å². The number of benzene rings is 2. The molecule has 0 spiro atoms. The van der Waals surface area contributed by atoms with Crippen molar-refractivity contribution in [2.24, 2.45) is 0 Å². The number of carbonyl (C=O) groups is 2. The maximum Gasteiger partial charge on any atom is 0.246 e. The molecule has 5 heteroatoms. The van der Waals surface area contributed by atoms with Gasteiger partial charge in [-0.25, -0.2) is 0 Å². The molecule has 5 nitrogen and oxygen atoms in total. The fourth-order valence-electron chi connectivity index (χ4n) is 4.74. The molecule has 2 amide bonds. The molecule has 0 bridgehead atoms. The van der Waals surface area contributed by atoms with Crippen LogP contribution in [0, 0.1) is 0 Å². The van der Waals surface area contributed by atoms with Crippen LogP contribution in [0.15, 0.2) is 54.6 Å². The zero-order chi connectivity index (χ0) is 20.9. The van der Waals surface area contributed by atoms with Crippen LogP contribution >= 0.6 is 0 Å². The second-order valence-electron chi connectivity index (χ2n) is 8.36. The Morgan fingerprint density at radius 1 is 0.967 bits per heavy atom. The molecule has 2 aliphatic rings. The fraction of sp³-hybridized carbons (Fsp3) is 0.440. The number of carbonyl (C=O) groups excluding carboxylic acids is 2. The summed E-state index contributed by atoms with van der Waals surface area (Å²) in [6, 6.07) is 17.7. The zero-order valence-electron chi connectivity index (χ0n) is 17.4. The maximum absolute atomic E-state index is 13.4. The monoisotopic (exact) mass is 406 g/mol. The summed E-state index contributed by atoms with van der Waals surface area (Å²) < 4.78 is 0. The molecule has 2 aromatic rings. The Labute approximate surface area is 178 Å². The first-order chi connectivity index (χ1) is 14.7. The smallest absolute Gasteiger partial charge is 0.246 e. The van der Waals surface area contributed by atoms with Crippen LogP contribution in [0.4, 0.5) is 0 Å². The van der Waals surface area contributed by atoms with Crippen molar-refractivity contribution >= 4 is 11.8 Å². The molecule has 1 saturated heterocycles. The molecule has 158 valence electrons. The van der Waals surface area contributed by atoms with Gasteiger partial charge >= 0.3 is 0 Å². The minimum absolute atomic E-state index is 0.0138. The number of aliphatic hydroxyl groups excluding tert-OH is 1. The first-order valence-corrected chi connectivity index (χ1v) is 11.0. The lowest BCUT2D eigenvalue weighted by molar-refractivity contribution is -0.148. The molecular weight excluding hydrogens is 376 g/mol. The van der Waals surface area contributed by atoms with Crippen LogP contribution in [0.3, 0.4) is 0 Å². The first kappa shape index (κ1) is 20.6. The molecule has 2 aromatic carbocycles. The number of fused-ring (bicyclic) bond motifs is 1. The summed E-state index contributed by atoms with van der Waals surface area (Å²) in [7, 11) is 0. The van der Waals surface area contributed by atoms with Gasteiger partial charge in [-0.1, -0.05) is 54.6 Å². The van der Waals surface area contributed by atoms with Crippen molar-refractivity contribution in [3.05, 3.63) is 71.3 Å². The van der Waals surface area contributed by atoms with E-state index in [-0.39, 0.29) is 24.5 Å². The van der Waals surface area contributed by atoms with E-state index >= 15 is 0 Å². The van der Waals surface area contributed by atoms with Crippen molar-refractivity contribution < 1.29 is 14.7 Å². The third-order valence-electron chi connectivity index (χ3n) is 6.42. The molecule has 1 N–H and O–H groups in total. The van der Waals surface area contributed by atoms with Crippen molar-refractivity contribution in [2.45, 2.75) is 57.2 Å². The van der Waals surface area contributed by atoms with Crippen LogP contribution in [-0.2, 0) is 29.0 Å². The summed E-state index contributed by atoms with van der Waals surface area (Å²) in [6.07, 6.45) is 4.35. The summed E-state index contributed by atoms with van der Waals surface area (Å²) in [5, 5.41) is 9.67. The summed E-state index contributed by atoms with van der Waals surface area (Å²) in [5.74, 6) is 0.0241. The summed E-state index contributed by atoms with van der Waals surface area (Å²) in [5.41, 5.74) is 3.49. The van der Waals surface area contributed by atoms with Crippen molar-refractivity contribution in [1.82, 2.24) is 9.80 Å². The van der Waals surface area contributed by atoms with E-state index in [9.17, 15) is 14.7 Å². The molecule has 2 aliphatic heterocycles. The number of rotatable bonds is 6. The van der Waals surface area contributed by atoms with Crippen molar-refractivity contribution in [2.75, 3.05) is 13.2 Å². The van der Waals surface area contributed by atoms with E-state index in [1.54, 1.807) is 9.80 Å². The van der Waals surface area contributed by atoms with Crippen molar-refractivity contribution in [1.29, 1.82) is 0 Å². The number of nitrogens with zero attached hydrogens (tertiary/aromatic N) is 2. The number of aryl methyl sites for hydroxylation is 1. The minimum atomic E-state index is -0.476. The minimum Gasteiger partial charge on any atom is -0.394 e. The van der Waals surface area contributed by atoms with E-state index < -0.39 is 6.04 Å². The Morgan fingerprint density at radius 3 is 2.47 bits per heavy atom. The largest absolute Gasteiger partial charge is 0.394 e. The van der Waals surface area contributed by atoms with E-state index in [0.29, 0.717) is 25.9 Å². The van der Waals surface area contributed by atoms with E-state index in [1.807, 2.05) is 36.4 Å².